The van der Waals surface area contributed by atoms with Crippen molar-refractivity contribution >= 4 is 41.5 Å². The molecule has 0 bridgehead atoms. The Bertz CT molecular complexity index is 668. The molecule has 0 atom stereocenters. The van der Waals surface area contributed by atoms with Gasteiger partial charge >= 0.3 is 0 Å². The number of nitrogens with one attached hydrogen (secondary N) is 1. The van der Waals surface area contributed by atoms with E-state index in [4.69, 9.17) is 0 Å². The second-order valence-electron chi connectivity index (χ2n) is 7.74. The fraction of sp³-hybridized carbons (Fsp3) is 0.619. The lowest BCUT2D eigenvalue weighted by molar-refractivity contribution is -0.131. The van der Waals surface area contributed by atoms with Crippen molar-refractivity contribution in [1.29, 1.82) is 0 Å². The second kappa shape index (κ2) is 11.6. The predicted molar refractivity (Wildman–Crippen MR) is 127 cm³/mol. The summed E-state index contributed by atoms with van der Waals surface area (Å²) in [6.07, 6.45) is 2.86. The van der Waals surface area contributed by atoms with E-state index in [-0.39, 0.29) is 35.7 Å². The van der Waals surface area contributed by atoms with Gasteiger partial charge in [-0.15, -0.1) is 24.0 Å². The lowest BCUT2D eigenvalue weighted by atomic mass is 10.00. The molecule has 162 valence electrons. The smallest absolute Gasteiger partial charge is 0.224 e. The molecule has 1 N–H and O–H groups in total. The summed E-state index contributed by atoms with van der Waals surface area (Å²) in [4.78, 5) is 23.3. The number of guanidine groups is 1. The quantitative estimate of drug-likeness (QED) is 0.379. The molecule has 2 saturated heterocycles. The molecule has 2 heterocycles. The Morgan fingerprint density at radius 3 is 2.28 bits per heavy atom. The summed E-state index contributed by atoms with van der Waals surface area (Å²) < 4.78 is 13.1. The molecule has 0 aliphatic carbocycles. The molecule has 3 rings (SSSR count). The first-order valence-corrected chi connectivity index (χ1v) is 10.3. The van der Waals surface area contributed by atoms with E-state index in [0.29, 0.717) is 26.1 Å². The molecule has 0 saturated carbocycles. The highest BCUT2D eigenvalue weighted by molar-refractivity contribution is 14.0. The predicted octanol–water partition coefficient (Wildman–Crippen LogP) is 2.79. The van der Waals surface area contributed by atoms with Crippen molar-refractivity contribution in [3.63, 3.8) is 0 Å². The molecule has 0 aromatic heterocycles. The fourth-order valence-electron chi connectivity index (χ4n) is 3.86. The summed E-state index contributed by atoms with van der Waals surface area (Å²) >= 11 is 0. The van der Waals surface area contributed by atoms with Gasteiger partial charge in [0.25, 0.3) is 0 Å². The molecule has 0 radical (unpaired) electrons. The number of piperazine rings is 1. The Balaban J connectivity index is 0.00000300. The molecule has 0 spiro atoms. The van der Waals surface area contributed by atoms with Crippen molar-refractivity contribution in [3.05, 3.63) is 30.1 Å². The zero-order valence-electron chi connectivity index (χ0n) is 17.4. The van der Waals surface area contributed by atoms with Crippen molar-refractivity contribution in [2.75, 3.05) is 57.8 Å². The van der Waals surface area contributed by atoms with Crippen LogP contribution in [0.2, 0.25) is 0 Å². The highest BCUT2D eigenvalue weighted by Crippen LogP contribution is 2.17. The van der Waals surface area contributed by atoms with Crippen LogP contribution in [0.1, 0.15) is 26.2 Å². The SMILES string of the molecule is CN=C(NCCC(=O)N1CCN(c2ccc(F)cc2)CC1)N1CCC(C)CC1.I. The summed E-state index contributed by atoms with van der Waals surface area (Å²) in [5.74, 6) is 1.64. The molecule has 2 fully saturated rings. The first-order chi connectivity index (χ1) is 13.6. The summed E-state index contributed by atoms with van der Waals surface area (Å²) in [5.41, 5.74) is 1.01. The standard InChI is InChI=1S/C21H32FN5O.HI/c1-17-8-11-27(12-9-17)21(23-2)24-10-7-20(28)26-15-13-25(14-16-26)19-5-3-18(22)4-6-19;/h3-6,17H,7-16H2,1-2H3,(H,23,24);1H. The van der Waals surface area contributed by atoms with Crippen molar-refractivity contribution in [2.24, 2.45) is 10.9 Å². The number of nitrogens with zero attached hydrogens (tertiary/aromatic N) is 4. The number of rotatable bonds is 4. The number of hydrogen-bond donors (Lipinski definition) is 1. The first kappa shape index (κ1) is 23.7. The summed E-state index contributed by atoms with van der Waals surface area (Å²) in [6, 6.07) is 6.55. The van der Waals surface area contributed by atoms with Gasteiger partial charge in [-0.25, -0.2) is 4.39 Å². The molecule has 1 aromatic carbocycles. The minimum absolute atomic E-state index is 0. The highest BCUT2D eigenvalue weighted by atomic mass is 127. The zero-order valence-corrected chi connectivity index (χ0v) is 19.8. The maximum atomic E-state index is 13.1. The molecular weight excluding hydrogens is 484 g/mol. The molecule has 1 amide bonds. The van der Waals surface area contributed by atoms with Crippen molar-refractivity contribution in [1.82, 2.24) is 15.1 Å². The number of likely N-dealkylation sites (tertiary alicyclic amines) is 1. The average Bonchev–Trinajstić information content (AvgIpc) is 2.73. The van der Waals surface area contributed by atoms with Gasteiger partial charge in [0, 0.05) is 65.0 Å². The Kier molecular flexibility index (Phi) is 9.45. The Morgan fingerprint density at radius 2 is 1.69 bits per heavy atom. The van der Waals surface area contributed by atoms with Crippen molar-refractivity contribution in [3.8, 4) is 0 Å². The number of benzene rings is 1. The maximum absolute atomic E-state index is 13.1. The zero-order chi connectivity index (χ0) is 19.9. The van der Waals surface area contributed by atoms with Gasteiger partial charge in [0.2, 0.25) is 5.91 Å². The first-order valence-electron chi connectivity index (χ1n) is 10.3. The Labute approximate surface area is 190 Å². The van der Waals surface area contributed by atoms with Crippen LogP contribution in [0.5, 0.6) is 0 Å². The number of piperidine rings is 1. The maximum Gasteiger partial charge on any atom is 0.224 e. The van der Waals surface area contributed by atoms with E-state index in [9.17, 15) is 9.18 Å². The average molecular weight is 517 g/mol. The van der Waals surface area contributed by atoms with Crippen LogP contribution in [0.25, 0.3) is 0 Å². The van der Waals surface area contributed by atoms with Crippen LogP contribution in [0.3, 0.4) is 0 Å². The highest BCUT2D eigenvalue weighted by Gasteiger charge is 2.22. The van der Waals surface area contributed by atoms with Gasteiger partial charge < -0.3 is 20.0 Å². The number of anilines is 1. The number of hydrogen-bond acceptors (Lipinski definition) is 3. The third-order valence-electron chi connectivity index (χ3n) is 5.74. The Morgan fingerprint density at radius 1 is 1.07 bits per heavy atom. The molecule has 8 heteroatoms. The minimum atomic E-state index is -0.223. The third kappa shape index (κ3) is 6.72. The van der Waals surface area contributed by atoms with Crippen LogP contribution >= 0.6 is 24.0 Å². The van der Waals surface area contributed by atoms with Crippen LogP contribution in [0, 0.1) is 11.7 Å². The van der Waals surface area contributed by atoms with E-state index >= 15 is 0 Å². The van der Waals surface area contributed by atoms with Gasteiger partial charge in [0.05, 0.1) is 0 Å². The molecule has 1 aromatic rings. The van der Waals surface area contributed by atoms with E-state index in [2.05, 4.69) is 27.0 Å². The number of halogens is 2. The van der Waals surface area contributed by atoms with E-state index in [1.54, 1.807) is 19.2 Å². The summed E-state index contributed by atoms with van der Waals surface area (Å²) in [5, 5.41) is 3.35. The topological polar surface area (TPSA) is 51.2 Å². The molecule has 0 unspecified atom stereocenters. The van der Waals surface area contributed by atoms with E-state index < -0.39 is 0 Å². The number of carbonyl (C=O) groups is 1. The number of amides is 1. The van der Waals surface area contributed by atoms with Crippen molar-refractivity contribution in [2.45, 2.75) is 26.2 Å². The fourth-order valence-corrected chi connectivity index (χ4v) is 3.86. The van der Waals surface area contributed by atoms with Crippen LogP contribution in [0.4, 0.5) is 10.1 Å². The number of aliphatic imine (C=N–C) groups is 1. The normalized spacial score (nSPS) is 18.4. The van der Waals surface area contributed by atoms with Gasteiger partial charge in [-0.3, -0.25) is 9.79 Å². The van der Waals surface area contributed by atoms with Crippen LogP contribution < -0.4 is 10.2 Å². The van der Waals surface area contributed by atoms with Gasteiger partial charge in [-0.2, -0.15) is 0 Å². The third-order valence-corrected chi connectivity index (χ3v) is 5.74. The molecule has 6 nitrogen and oxygen atoms in total. The lowest BCUT2D eigenvalue weighted by Crippen LogP contribution is -2.50. The summed E-state index contributed by atoms with van der Waals surface area (Å²) in [7, 11) is 1.80. The monoisotopic (exact) mass is 517 g/mol. The van der Waals surface area contributed by atoms with Crippen LogP contribution in [-0.2, 0) is 4.79 Å². The van der Waals surface area contributed by atoms with E-state index in [1.165, 1.54) is 25.0 Å². The lowest BCUT2D eigenvalue weighted by Gasteiger charge is -2.36. The summed E-state index contributed by atoms with van der Waals surface area (Å²) in [6.45, 7) is 7.92. The Hall–Kier alpha value is -1.58. The second-order valence-corrected chi connectivity index (χ2v) is 7.74. The molecule has 2 aliphatic rings. The van der Waals surface area contributed by atoms with Crippen molar-refractivity contribution < 1.29 is 9.18 Å². The van der Waals surface area contributed by atoms with Gasteiger partial charge in [-0.1, -0.05) is 6.92 Å². The van der Waals surface area contributed by atoms with Crippen LogP contribution in [-0.4, -0.2) is 74.5 Å². The largest absolute Gasteiger partial charge is 0.368 e. The number of carbonyl (C=O) groups excluding carboxylic acids is 1. The molecule has 2 aliphatic heterocycles. The van der Waals surface area contributed by atoms with Crippen LogP contribution in [0.15, 0.2) is 29.3 Å². The van der Waals surface area contributed by atoms with Gasteiger partial charge in [0.15, 0.2) is 5.96 Å². The molecular formula is C21H33FIN5O. The van der Waals surface area contributed by atoms with E-state index in [1.807, 2.05) is 4.90 Å². The minimum Gasteiger partial charge on any atom is -0.368 e. The van der Waals surface area contributed by atoms with Gasteiger partial charge in [-0.05, 0) is 43.0 Å². The van der Waals surface area contributed by atoms with E-state index in [0.717, 1.165) is 43.7 Å². The van der Waals surface area contributed by atoms with Gasteiger partial charge in [0.1, 0.15) is 5.82 Å². The molecule has 29 heavy (non-hydrogen) atoms.